The fourth-order valence-corrected chi connectivity index (χ4v) is 3.74. The van der Waals surface area contributed by atoms with E-state index < -0.39 is 0 Å². The van der Waals surface area contributed by atoms with Crippen LogP contribution in [0.3, 0.4) is 0 Å². The van der Waals surface area contributed by atoms with Crippen LogP contribution in [0.1, 0.15) is 20.3 Å². The van der Waals surface area contributed by atoms with E-state index in [0.717, 1.165) is 30.6 Å². The third-order valence-corrected chi connectivity index (χ3v) is 5.30. The minimum Gasteiger partial charge on any atom is -0.507 e. The zero-order chi connectivity index (χ0) is 21.3. The lowest BCUT2D eigenvalue weighted by Crippen LogP contribution is -2.37. The molecule has 31 heavy (non-hydrogen) atoms. The first-order chi connectivity index (χ1) is 14.4. The van der Waals surface area contributed by atoms with Crippen LogP contribution in [0, 0.1) is 0 Å². The zero-order valence-electron chi connectivity index (χ0n) is 17.8. The molecular weight excluding hydrogens is 416 g/mol. The number of benzene rings is 1. The highest BCUT2D eigenvalue weighted by Crippen LogP contribution is 2.32. The highest BCUT2D eigenvalue weighted by molar-refractivity contribution is 5.85. The first-order valence-corrected chi connectivity index (χ1v) is 10.1. The number of hydrogen-bond acceptors (Lipinski definition) is 7. The molecule has 1 aliphatic heterocycles. The molecule has 8 nitrogen and oxygen atoms in total. The number of hydrogen-bond donors (Lipinski definition) is 2. The molecule has 1 fully saturated rings. The van der Waals surface area contributed by atoms with Crippen LogP contribution in [-0.2, 0) is 7.05 Å². The van der Waals surface area contributed by atoms with Crippen molar-refractivity contribution in [2.24, 2.45) is 7.05 Å². The molecule has 9 heteroatoms. The number of nitrogens with zero attached hydrogens (tertiary/aromatic N) is 5. The number of aromatic nitrogens is 4. The Hall–Kier alpha value is -2.97. The fraction of sp³-hybridized carbons (Fsp3) is 0.364. The Bertz CT molecular complexity index is 1100. The van der Waals surface area contributed by atoms with E-state index >= 15 is 0 Å². The van der Waals surface area contributed by atoms with Gasteiger partial charge in [-0.3, -0.25) is 4.79 Å². The number of nitrogens with one attached hydrogen (secondary N) is 1. The fourth-order valence-electron chi connectivity index (χ4n) is 3.74. The highest BCUT2D eigenvalue weighted by Gasteiger charge is 2.25. The zero-order valence-corrected chi connectivity index (χ0v) is 18.6. The molecule has 0 amide bonds. The van der Waals surface area contributed by atoms with Crippen molar-refractivity contribution >= 4 is 18.4 Å². The molecule has 1 atom stereocenters. The molecule has 0 radical (unpaired) electrons. The van der Waals surface area contributed by atoms with Gasteiger partial charge in [0.2, 0.25) is 5.95 Å². The lowest BCUT2D eigenvalue weighted by molar-refractivity contribution is 0.477. The summed E-state index contributed by atoms with van der Waals surface area (Å²) in [6.07, 6.45) is 4.39. The topological polar surface area (TPSA) is 96.2 Å². The molecule has 1 saturated heterocycles. The molecular formula is C22H27ClN6O2. The average Bonchev–Trinajstić information content (AvgIpc) is 3.18. The number of halogens is 1. The molecule has 0 aliphatic carbocycles. The van der Waals surface area contributed by atoms with Gasteiger partial charge in [0.15, 0.2) is 0 Å². The second-order valence-corrected chi connectivity index (χ2v) is 7.99. The van der Waals surface area contributed by atoms with Crippen molar-refractivity contribution in [3.63, 3.8) is 0 Å². The summed E-state index contributed by atoms with van der Waals surface area (Å²) in [7, 11) is 1.70. The van der Waals surface area contributed by atoms with Gasteiger partial charge in [-0.1, -0.05) is 19.9 Å². The van der Waals surface area contributed by atoms with Gasteiger partial charge in [-0.05, 0) is 35.7 Å². The van der Waals surface area contributed by atoms with E-state index in [0.29, 0.717) is 29.3 Å². The van der Waals surface area contributed by atoms with Crippen LogP contribution in [0.25, 0.3) is 22.4 Å². The van der Waals surface area contributed by atoms with Crippen LogP contribution < -0.4 is 15.8 Å². The van der Waals surface area contributed by atoms with Gasteiger partial charge in [0.1, 0.15) is 11.4 Å². The van der Waals surface area contributed by atoms with Crippen LogP contribution in [-0.4, -0.2) is 50.0 Å². The molecule has 3 aromatic rings. The van der Waals surface area contributed by atoms with Gasteiger partial charge in [0.05, 0.1) is 6.20 Å². The first kappa shape index (κ1) is 22.7. The first-order valence-electron chi connectivity index (χ1n) is 10.1. The van der Waals surface area contributed by atoms with E-state index in [1.54, 1.807) is 37.6 Å². The van der Waals surface area contributed by atoms with Crippen LogP contribution >= 0.6 is 12.4 Å². The second-order valence-electron chi connectivity index (χ2n) is 7.99. The standard InChI is InChI=1S/C22H26N6O2.ClH/c1-14(2)24-17-7-9-28(13-17)22-23-12-19(25-26-22)18-5-4-15(10-20(18)29)16-6-8-27(3)21(30)11-16;/h4-6,8,10-12,14,17,24,29H,7,9,13H2,1-3H3;1H. The third-order valence-electron chi connectivity index (χ3n) is 5.30. The van der Waals surface area contributed by atoms with Gasteiger partial charge in [0.25, 0.3) is 5.56 Å². The van der Waals surface area contributed by atoms with Crippen molar-refractivity contribution < 1.29 is 5.11 Å². The van der Waals surface area contributed by atoms with Crippen molar-refractivity contribution in [1.82, 2.24) is 25.1 Å². The van der Waals surface area contributed by atoms with Crippen LogP contribution in [0.4, 0.5) is 5.95 Å². The number of rotatable bonds is 5. The smallest absolute Gasteiger partial charge is 0.250 e. The molecule has 1 aromatic carbocycles. The third kappa shape index (κ3) is 5.03. The van der Waals surface area contributed by atoms with Gasteiger partial charge < -0.3 is 19.9 Å². The van der Waals surface area contributed by atoms with E-state index in [9.17, 15) is 9.90 Å². The minimum absolute atomic E-state index is 0. The predicted octanol–water partition coefficient (Wildman–Crippen LogP) is 2.61. The predicted molar refractivity (Wildman–Crippen MR) is 124 cm³/mol. The van der Waals surface area contributed by atoms with Crippen molar-refractivity contribution in [2.75, 3.05) is 18.0 Å². The van der Waals surface area contributed by atoms with E-state index in [1.807, 2.05) is 12.1 Å². The lowest BCUT2D eigenvalue weighted by Gasteiger charge is -2.18. The van der Waals surface area contributed by atoms with Crippen LogP contribution in [0.15, 0.2) is 47.5 Å². The maximum atomic E-state index is 11.9. The normalized spacial score (nSPS) is 15.9. The maximum absolute atomic E-state index is 11.9. The Morgan fingerprint density at radius 3 is 2.58 bits per heavy atom. The molecule has 1 unspecified atom stereocenters. The number of pyridine rings is 1. The Kier molecular flexibility index (Phi) is 6.92. The van der Waals surface area contributed by atoms with Gasteiger partial charge in [-0.15, -0.1) is 22.6 Å². The Balaban J connectivity index is 0.00000272. The second kappa shape index (κ2) is 9.45. The minimum atomic E-state index is -0.102. The summed E-state index contributed by atoms with van der Waals surface area (Å²) in [5.41, 5.74) is 2.46. The summed E-state index contributed by atoms with van der Waals surface area (Å²) in [4.78, 5) is 18.4. The van der Waals surface area contributed by atoms with E-state index in [2.05, 4.69) is 39.2 Å². The molecule has 0 spiro atoms. The summed E-state index contributed by atoms with van der Waals surface area (Å²) >= 11 is 0. The van der Waals surface area contributed by atoms with Crippen LogP contribution in [0.2, 0.25) is 0 Å². The molecule has 3 heterocycles. The Labute approximate surface area is 187 Å². The molecule has 164 valence electrons. The van der Waals surface area contributed by atoms with Crippen LogP contribution in [0.5, 0.6) is 5.75 Å². The number of aromatic hydroxyl groups is 1. The monoisotopic (exact) mass is 442 g/mol. The average molecular weight is 443 g/mol. The molecule has 0 saturated carbocycles. The molecule has 1 aliphatic rings. The maximum Gasteiger partial charge on any atom is 0.250 e. The number of phenolic OH excluding ortho intramolecular Hbond substituents is 1. The largest absolute Gasteiger partial charge is 0.507 e. The van der Waals surface area contributed by atoms with Crippen molar-refractivity contribution in [3.8, 4) is 28.1 Å². The summed E-state index contributed by atoms with van der Waals surface area (Å²) in [5, 5.41) is 22.6. The molecule has 2 aromatic heterocycles. The number of anilines is 1. The summed E-state index contributed by atoms with van der Waals surface area (Å²) in [5.74, 6) is 0.669. The Morgan fingerprint density at radius 1 is 1.16 bits per heavy atom. The van der Waals surface area contributed by atoms with Crippen molar-refractivity contribution in [3.05, 3.63) is 53.1 Å². The SMILES string of the molecule is CC(C)NC1CCN(c2ncc(-c3ccc(-c4ccn(C)c(=O)c4)cc3O)nn2)C1.Cl. The summed E-state index contributed by atoms with van der Waals surface area (Å²) in [6, 6.07) is 9.50. The van der Waals surface area contributed by atoms with Gasteiger partial charge >= 0.3 is 0 Å². The molecule has 4 rings (SSSR count). The van der Waals surface area contributed by atoms with Gasteiger partial charge in [-0.2, -0.15) is 0 Å². The molecule has 2 N–H and O–H groups in total. The van der Waals surface area contributed by atoms with E-state index in [4.69, 9.17) is 0 Å². The lowest BCUT2D eigenvalue weighted by atomic mass is 10.0. The quantitative estimate of drug-likeness (QED) is 0.626. The van der Waals surface area contributed by atoms with E-state index in [-0.39, 0.29) is 23.7 Å². The number of aryl methyl sites for hydroxylation is 1. The van der Waals surface area contributed by atoms with Crippen molar-refractivity contribution in [1.29, 1.82) is 0 Å². The summed E-state index contributed by atoms with van der Waals surface area (Å²) in [6.45, 7) is 6.03. The molecule has 0 bridgehead atoms. The number of phenols is 1. The summed E-state index contributed by atoms with van der Waals surface area (Å²) < 4.78 is 1.50. The van der Waals surface area contributed by atoms with Gasteiger partial charge in [0, 0.05) is 50.0 Å². The van der Waals surface area contributed by atoms with Crippen molar-refractivity contribution in [2.45, 2.75) is 32.4 Å². The Morgan fingerprint density at radius 2 is 1.94 bits per heavy atom. The van der Waals surface area contributed by atoms with E-state index in [1.165, 1.54) is 4.57 Å². The highest BCUT2D eigenvalue weighted by atomic mass is 35.5. The van der Waals surface area contributed by atoms with Gasteiger partial charge in [-0.25, -0.2) is 4.98 Å².